The lowest BCUT2D eigenvalue weighted by atomic mass is 9.72. The largest absolute Gasteiger partial charge is 0.337 e. The van der Waals surface area contributed by atoms with Gasteiger partial charge in [-0.2, -0.15) is 4.98 Å². The zero-order valence-electron chi connectivity index (χ0n) is 25.9. The van der Waals surface area contributed by atoms with Crippen molar-refractivity contribution in [1.29, 1.82) is 0 Å². The monoisotopic (exact) mass is 659 g/mol. The van der Waals surface area contributed by atoms with Crippen molar-refractivity contribution in [3.8, 4) is 22.4 Å². The van der Waals surface area contributed by atoms with Crippen molar-refractivity contribution in [2.24, 2.45) is 5.73 Å². The molecule has 0 atom stereocenters. The van der Waals surface area contributed by atoms with Crippen LogP contribution in [-0.2, 0) is 5.54 Å². The minimum Gasteiger partial charge on any atom is -0.337 e. The summed E-state index contributed by atoms with van der Waals surface area (Å²) in [4.78, 5) is 14.8. The van der Waals surface area contributed by atoms with E-state index in [4.69, 9.17) is 44.0 Å². The van der Waals surface area contributed by atoms with Crippen molar-refractivity contribution in [2.75, 3.05) is 31.1 Å². The van der Waals surface area contributed by atoms with Crippen molar-refractivity contribution in [3.05, 3.63) is 136 Å². The van der Waals surface area contributed by atoms with Gasteiger partial charge >= 0.3 is 0 Å². The van der Waals surface area contributed by atoms with Crippen LogP contribution in [0.2, 0.25) is 10.0 Å². The highest BCUT2D eigenvalue weighted by Gasteiger charge is 2.34. The van der Waals surface area contributed by atoms with E-state index in [9.17, 15) is 0 Å². The lowest BCUT2D eigenvalue weighted by Crippen LogP contribution is -2.48. The molecule has 2 aromatic heterocycles. The Balaban J connectivity index is 1.08. The first-order valence-corrected chi connectivity index (χ1v) is 16.9. The van der Waals surface area contributed by atoms with Gasteiger partial charge in [-0.3, -0.25) is 4.90 Å². The van der Waals surface area contributed by atoms with E-state index in [2.05, 4.69) is 88.8 Å². The zero-order chi connectivity index (χ0) is 32.0. The fraction of sp³-hybridized carbons (Fsp3) is 0.237. The number of hydrogen-bond donors (Lipinski definition) is 1. The number of halogens is 2. The highest BCUT2D eigenvalue weighted by molar-refractivity contribution is 6.30. The average molecular weight is 661 g/mol. The zero-order valence-corrected chi connectivity index (χ0v) is 27.4. The number of aromatic nitrogens is 4. The van der Waals surface area contributed by atoms with Crippen LogP contribution in [-0.4, -0.2) is 50.7 Å². The molecule has 2 fully saturated rings. The number of nitrogens with two attached hydrogens (primary N) is 1. The summed E-state index contributed by atoms with van der Waals surface area (Å²) < 4.78 is 1.81. The van der Waals surface area contributed by atoms with Gasteiger partial charge < -0.3 is 10.6 Å². The Kier molecular flexibility index (Phi) is 7.94. The van der Waals surface area contributed by atoms with Crippen LogP contribution < -0.4 is 10.6 Å². The van der Waals surface area contributed by atoms with Gasteiger partial charge in [-0.15, -0.1) is 5.10 Å². The molecule has 1 saturated heterocycles. The lowest BCUT2D eigenvalue weighted by Gasteiger charge is -2.39. The van der Waals surface area contributed by atoms with E-state index in [1.54, 1.807) is 0 Å². The predicted octanol–water partition coefficient (Wildman–Crippen LogP) is 8.01. The molecule has 4 aromatic carbocycles. The maximum atomic E-state index is 6.62. The second-order valence-electron chi connectivity index (χ2n) is 12.6. The van der Waals surface area contributed by atoms with Crippen molar-refractivity contribution in [1.82, 2.24) is 24.5 Å². The molecule has 7 nitrogen and oxygen atoms in total. The third-order valence-electron chi connectivity index (χ3n) is 9.72. The smallest absolute Gasteiger partial charge is 0.254 e. The normalized spacial score (nSPS) is 16.5. The summed E-state index contributed by atoms with van der Waals surface area (Å²) in [5.74, 6) is 1.27. The van der Waals surface area contributed by atoms with E-state index < -0.39 is 0 Å². The highest BCUT2D eigenvalue weighted by atomic mass is 35.5. The number of nitrogens with zero attached hydrogens (tertiary/aromatic N) is 6. The molecule has 1 aliphatic heterocycles. The van der Waals surface area contributed by atoms with Gasteiger partial charge in [0, 0.05) is 59.1 Å². The number of fused-ring (bicyclic) bond motifs is 1. The Labute approximate surface area is 284 Å². The van der Waals surface area contributed by atoms with E-state index in [1.165, 1.54) is 23.1 Å². The Morgan fingerprint density at radius 3 is 1.87 bits per heavy atom. The Hall–Kier alpha value is -4.27. The molecular formula is C38H35Cl2N7. The molecule has 1 saturated carbocycles. The molecule has 6 aromatic rings. The van der Waals surface area contributed by atoms with Crippen LogP contribution in [0.5, 0.6) is 0 Å². The third kappa shape index (κ3) is 5.89. The number of anilines is 1. The molecular weight excluding hydrogens is 625 g/mol. The van der Waals surface area contributed by atoms with Gasteiger partial charge in [0.1, 0.15) is 0 Å². The van der Waals surface area contributed by atoms with Gasteiger partial charge in [-0.05, 0) is 65.8 Å². The fourth-order valence-corrected chi connectivity index (χ4v) is 7.14. The first-order chi connectivity index (χ1) is 22.9. The molecule has 236 valence electrons. The number of rotatable bonds is 7. The molecule has 47 heavy (non-hydrogen) atoms. The predicted molar refractivity (Wildman–Crippen MR) is 190 cm³/mol. The van der Waals surface area contributed by atoms with Gasteiger partial charge in [0.05, 0.1) is 11.7 Å². The van der Waals surface area contributed by atoms with E-state index in [-0.39, 0.29) is 11.6 Å². The molecule has 1 aliphatic carbocycles. The van der Waals surface area contributed by atoms with Crippen molar-refractivity contribution < 1.29 is 0 Å². The van der Waals surface area contributed by atoms with E-state index >= 15 is 0 Å². The Bertz CT molecular complexity index is 1950. The maximum absolute atomic E-state index is 6.62. The summed E-state index contributed by atoms with van der Waals surface area (Å²) >= 11 is 12.5. The van der Waals surface area contributed by atoms with Gasteiger partial charge in [0.2, 0.25) is 5.95 Å². The molecule has 2 aliphatic rings. The van der Waals surface area contributed by atoms with Crippen molar-refractivity contribution in [3.63, 3.8) is 0 Å². The van der Waals surface area contributed by atoms with Gasteiger partial charge in [0.25, 0.3) is 5.78 Å². The maximum Gasteiger partial charge on any atom is 0.254 e. The number of hydrogen-bond acceptors (Lipinski definition) is 6. The topological polar surface area (TPSA) is 75.6 Å². The van der Waals surface area contributed by atoms with Crippen molar-refractivity contribution >= 4 is 34.9 Å². The van der Waals surface area contributed by atoms with Gasteiger partial charge in [0.15, 0.2) is 0 Å². The molecule has 2 N–H and O–H groups in total. The highest BCUT2D eigenvalue weighted by Crippen LogP contribution is 2.40. The summed E-state index contributed by atoms with van der Waals surface area (Å²) in [6.07, 6.45) is 5.31. The van der Waals surface area contributed by atoms with Crippen LogP contribution in [0.1, 0.15) is 42.0 Å². The Morgan fingerprint density at radius 2 is 1.30 bits per heavy atom. The molecule has 0 radical (unpaired) electrons. The number of piperazine rings is 1. The van der Waals surface area contributed by atoms with Crippen LogP contribution in [0.4, 0.5) is 5.95 Å². The van der Waals surface area contributed by atoms with E-state index in [1.807, 2.05) is 34.8 Å². The van der Waals surface area contributed by atoms with Crippen LogP contribution >= 0.6 is 23.2 Å². The van der Waals surface area contributed by atoms with E-state index in [0.29, 0.717) is 11.7 Å². The van der Waals surface area contributed by atoms with Crippen LogP contribution in [0.25, 0.3) is 28.2 Å². The average Bonchev–Trinajstić information content (AvgIpc) is 3.52. The molecule has 9 heteroatoms. The first-order valence-electron chi connectivity index (χ1n) is 16.2. The van der Waals surface area contributed by atoms with E-state index in [0.717, 1.165) is 71.5 Å². The van der Waals surface area contributed by atoms with Gasteiger partial charge in [-0.1, -0.05) is 102 Å². The molecule has 0 spiro atoms. The SMILES string of the molecule is NC1(c2ccc(-c3nc4nc(N5CCN(C(c6ccc(Cl)cc6)c6ccc(Cl)cc6)CC5)nn4cc3-c3ccccc3)cc2)CCC1. The minimum atomic E-state index is -0.201. The molecule has 8 rings (SSSR count). The molecule has 0 bridgehead atoms. The van der Waals surface area contributed by atoms with Crippen molar-refractivity contribution in [2.45, 2.75) is 30.8 Å². The summed E-state index contributed by atoms with van der Waals surface area (Å²) in [5.41, 5.74) is 14.0. The molecule has 3 heterocycles. The quantitative estimate of drug-likeness (QED) is 0.187. The molecule has 0 amide bonds. The van der Waals surface area contributed by atoms with Crippen LogP contribution in [0, 0.1) is 0 Å². The second-order valence-corrected chi connectivity index (χ2v) is 13.5. The minimum absolute atomic E-state index is 0.0863. The molecule has 0 unspecified atom stereocenters. The lowest BCUT2D eigenvalue weighted by molar-refractivity contribution is 0.211. The number of benzene rings is 4. The summed E-state index contributed by atoms with van der Waals surface area (Å²) in [6, 6.07) is 35.3. The summed E-state index contributed by atoms with van der Waals surface area (Å²) in [7, 11) is 0. The summed E-state index contributed by atoms with van der Waals surface area (Å²) in [6.45, 7) is 3.26. The first kappa shape index (κ1) is 30.1. The van der Waals surface area contributed by atoms with Crippen LogP contribution in [0.3, 0.4) is 0 Å². The second kappa shape index (κ2) is 12.4. The van der Waals surface area contributed by atoms with Gasteiger partial charge in [-0.25, -0.2) is 9.50 Å². The summed E-state index contributed by atoms with van der Waals surface area (Å²) in [5, 5.41) is 6.39. The van der Waals surface area contributed by atoms with Crippen LogP contribution in [0.15, 0.2) is 109 Å². The third-order valence-corrected chi connectivity index (χ3v) is 10.2. The Morgan fingerprint density at radius 1 is 0.681 bits per heavy atom. The standard InChI is InChI=1S/C38H35Cl2N7/c39-31-15-9-28(10-16-31)35(29-11-17-32(40)18-12-29)45-21-23-46(24-22-45)37-43-36-42-34(27-7-13-30(14-8-27)38(41)19-4-20-38)33(25-47(36)44-37)26-5-2-1-3-6-26/h1-3,5-18,25,35H,4,19-24,41H2. The fourth-order valence-electron chi connectivity index (χ4n) is 6.88.